The first kappa shape index (κ1) is 15.0. The van der Waals surface area contributed by atoms with Crippen LogP contribution in [0.2, 0.25) is 0 Å². The van der Waals surface area contributed by atoms with Crippen molar-refractivity contribution in [1.29, 1.82) is 0 Å². The smallest absolute Gasteiger partial charge is 0.206 e. The van der Waals surface area contributed by atoms with Gasteiger partial charge < -0.3 is 10.5 Å². The molecule has 2 rings (SSSR count). The quantitative estimate of drug-likeness (QED) is 0.392. The number of rotatable bonds is 5. The van der Waals surface area contributed by atoms with Crippen molar-refractivity contribution in [2.75, 3.05) is 6.61 Å². The van der Waals surface area contributed by atoms with E-state index in [1.54, 1.807) is 0 Å². The SMILES string of the molecule is NC(=S)CC1(COc2c(F)c(F)c(F)c(F)c2F)CC1. The molecule has 0 bridgehead atoms. The third-order valence-electron chi connectivity index (χ3n) is 3.20. The van der Waals surface area contributed by atoms with Gasteiger partial charge in [0, 0.05) is 11.8 Å². The summed E-state index contributed by atoms with van der Waals surface area (Å²) in [4.78, 5) is 0.212. The van der Waals surface area contributed by atoms with Gasteiger partial charge in [-0.2, -0.15) is 8.78 Å². The predicted molar refractivity (Wildman–Crippen MR) is 64.8 cm³/mol. The molecule has 0 aliphatic heterocycles. The largest absolute Gasteiger partial charge is 0.487 e. The molecule has 1 aliphatic carbocycles. The zero-order valence-corrected chi connectivity index (χ0v) is 10.9. The normalized spacial score (nSPS) is 16.1. The van der Waals surface area contributed by atoms with Crippen LogP contribution in [0.4, 0.5) is 22.0 Å². The molecule has 0 heterocycles. The molecule has 0 spiro atoms. The summed E-state index contributed by atoms with van der Waals surface area (Å²) in [5.41, 5.74) is 4.91. The summed E-state index contributed by atoms with van der Waals surface area (Å²) in [5, 5.41) is 0. The van der Waals surface area contributed by atoms with Gasteiger partial charge >= 0.3 is 0 Å². The molecule has 0 amide bonds. The summed E-state index contributed by atoms with van der Waals surface area (Å²) < 4.78 is 70.3. The number of halogens is 5. The molecular weight excluding hydrogens is 301 g/mol. The van der Waals surface area contributed by atoms with Gasteiger partial charge in [-0.25, -0.2) is 13.2 Å². The highest BCUT2D eigenvalue weighted by molar-refractivity contribution is 7.80. The molecule has 1 saturated carbocycles. The average Bonchev–Trinajstić information content (AvgIpc) is 3.13. The molecule has 1 fully saturated rings. The topological polar surface area (TPSA) is 35.2 Å². The highest BCUT2D eigenvalue weighted by atomic mass is 32.1. The monoisotopic (exact) mass is 311 g/mol. The van der Waals surface area contributed by atoms with E-state index >= 15 is 0 Å². The van der Waals surface area contributed by atoms with Crippen LogP contribution in [0.15, 0.2) is 0 Å². The van der Waals surface area contributed by atoms with E-state index in [4.69, 9.17) is 22.7 Å². The van der Waals surface area contributed by atoms with E-state index < -0.39 is 40.3 Å². The second kappa shape index (κ2) is 5.16. The lowest BCUT2D eigenvalue weighted by molar-refractivity contribution is 0.209. The fourth-order valence-electron chi connectivity index (χ4n) is 1.86. The first-order chi connectivity index (χ1) is 9.27. The van der Waals surface area contributed by atoms with Gasteiger partial charge in [0.25, 0.3) is 0 Å². The minimum Gasteiger partial charge on any atom is -0.487 e. The van der Waals surface area contributed by atoms with E-state index in [-0.39, 0.29) is 11.6 Å². The molecule has 1 aliphatic rings. The Labute approximate surface area is 116 Å². The molecule has 1 aromatic carbocycles. The van der Waals surface area contributed by atoms with Crippen LogP contribution in [0.5, 0.6) is 5.75 Å². The van der Waals surface area contributed by atoms with Crippen molar-refractivity contribution >= 4 is 17.2 Å². The minimum absolute atomic E-state index is 0.206. The molecule has 0 aromatic heterocycles. The lowest BCUT2D eigenvalue weighted by Crippen LogP contribution is -2.22. The van der Waals surface area contributed by atoms with Gasteiger partial charge in [-0.05, 0) is 12.8 Å². The van der Waals surface area contributed by atoms with Gasteiger partial charge in [-0.3, -0.25) is 0 Å². The molecule has 0 atom stereocenters. The molecule has 110 valence electrons. The Bertz CT molecular complexity index is 544. The Hall–Kier alpha value is -1.44. The van der Waals surface area contributed by atoms with Gasteiger partial charge in [0.05, 0.1) is 11.6 Å². The van der Waals surface area contributed by atoms with Crippen LogP contribution in [0.3, 0.4) is 0 Å². The lowest BCUT2D eigenvalue weighted by Gasteiger charge is -2.16. The number of thiocarbonyl (C=S) groups is 1. The number of nitrogens with two attached hydrogens (primary N) is 1. The standard InChI is InChI=1S/C12H10F5NOS/c13-6-7(14)9(16)11(10(17)8(6)15)19-4-12(1-2-12)3-5(18)20/h1-4H2,(H2,18,20). The van der Waals surface area contributed by atoms with Crippen molar-refractivity contribution in [2.45, 2.75) is 19.3 Å². The molecule has 0 saturated heterocycles. The van der Waals surface area contributed by atoms with Crippen LogP contribution in [-0.2, 0) is 0 Å². The van der Waals surface area contributed by atoms with Crippen molar-refractivity contribution in [3.63, 3.8) is 0 Å². The molecule has 2 nitrogen and oxygen atoms in total. The van der Waals surface area contributed by atoms with Crippen LogP contribution in [-0.4, -0.2) is 11.6 Å². The van der Waals surface area contributed by atoms with E-state index in [1.165, 1.54) is 0 Å². The maximum Gasteiger partial charge on any atom is 0.206 e. The summed E-state index contributed by atoms with van der Waals surface area (Å²) >= 11 is 4.73. The molecule has 2 N–H and O–H groups in total. The minimum atomic E-state index is -2.21. The molecule has 0 radical (unpaired) electrons. The number of hydrogen-bond donors (Lipinski definition) is 1. The van der Waals surface area contributed by atoms with Crippen LogP contribution >= 0.6 is 12.2 Å². The third kappa shape index (κ3) is 2.70. The Kier molecular flexibility index (Phi) is 3.86. The van der Waals surface area contributed by atoms with Crippen molar-refractivity contribution < 1.29 is 26.7 Å². The van der Waals surface area contributed by atoms with Gasteiger partial charge in [-0.1, -0.05) is 12.2 Å². The van der Waals surface area contributed by atoms with Gasteiger partial charge in [0.15, 0.2) is 5.75 Å². The van der Waals surface area contributed by atoms with E-state index in [0.29, 0.717) is 19.3 Å². The fraction of sp³-hybridized carbons (Fsp3) is 0.417. The summed E-state index contributed by atoms with van der Waals surface area (Å²) in [7, 11) is 0. The number of hydrogen-bond acceptors (Lipinski definition) is 2. The molecule has 1 aromatic rings. The highest BCUT2D eigenvalue weighted by Crippen LogP contribution is 2.49. The third-order valence-corrected chi connectivity index (χ3v) is 3.34. The first-order valence-electron chi connectivity index (χ1n) is 5.70. The second-order valence-corrected chi connectivity index (χ2v) is 5.36. The molecule has 20 heavy (non-hydrogen) atoms. The van der Waals surface area contributed by atoms with E-state index in [9.17, 15) is 22.0 Å². The van der Waals surface area contributed by atoms with Crippen LogP contribution in [0.25, 0.3) is 0 Å². The number of ether oxygens (including phenoxy) is 1. The van der Waals surface area contributed by atoms with Gasteiger partial charge in [0.2, 0.25) is 29.1 Å². The maximum absolute atomic E-state index is 13.4. The van der Waals surface area contributed by atoms with Gasteiger partial charge in [-0.15, -0.1) is 0 Å². The molecule has 0 unspecified atom stereocenters. The van der Waals surface area contributed by atoms with E-state index in [1.807, 2.05) is 0 Å². The zero-order chi connectivity index (χ0) is 15.1. The molecular formula is C12H10F5NOS. The Balaban J connectivity index is 2.21. The van der Waals surface area contributed by atoms with Crippen LogP contribution in [0.1, 0.15) is 19.3 Å². The first-order valence-corrected chi connectivity index (χ1v) is 6.11. The van der Waals surface area contributed by atoms with Crippen molar-refractivity contribution in [2.24, 2.45) is 11.1 Å². The van der Waals surface area contributed by atoms with E-state index in [2.05, 4.69) is 0 Å². The van der Waals surface area contributed by atoms with Crippen molar-refractivity contribution in [3.8, 4) is 5.75 Å². The Morgan fingerprint density at radius 3 is 1.85 bits per heavy atom. The Morgan fingerprint density at radius 2 is 1.45 bits per heavy atom. The number of benzene rings is 1. The van der Waals surface area contributed by atoms with Crippen molar-refractivity contribution in [1.82, 2.24) is 0 Å². The zero-order valence-electron chi connectivity index (χ0n) is 10.1. The van der Waals surface area contributed by atoms with Crippen LogP contribution < -0.4 is 10.5 Å². The Morgan fingerprint density at radius 1 is 1.00 bits per heavy atom. The predicted octanol–water partition coefficient (Wildman–Crippen LogP) is 3.22. The van der Waals surface area contributed by atoms with Crippen molar-refractivity contribution in [3.05, 3.63) is 29.1 Å². The second-order valence-electron chi connectivity index (χ2n) is 4.83. The van der Waals surface area contributed by atoms with Crippen LogP contribution in [0, 0.1) is 34.5 Å². The van der Waals surface area contributed by atoms with E-state index in [0.717, 1.165) is 0 Å². The fourth-order valence-corrected chi connectivity index (χ4v) is 2.16. The highest BCUT2D eigenvalue weighted by Gasteiger charge is 2.44. The summed E-state index contributed by atoms with van der Waals surface area (Å²) in [6.07, 6.45) is 1.64. The summed E-state index contributed by atoms with van der Waals surface area (Å²) in [6, 6.07) is 0. The summed E-state index contributed by atoms with van der Waals surface area (Å²) in [6.45, 7) is -0.206. The summed E-state index contributed by atoms with van der Waals surface area (Å²) in [5.74, 6) is -11.5. The lowest BCUT2D eigenvalue weighted by atomic mass is 10.0. The maximum atomic E-state index is 13.4. The van der Waals surface area contributed by atoms with Gasteiger partial charge in [0.1, 0.15) is 0 Å². The molecule has 8 heteroatoms. The average molecular weight is 311 g/mol.